The zero-order valence-electron chi connectivity index (χ0n) is 13.4. The second-order valence-corrected chi connectivity index (χ2v) is 6.73. The van der Waals surface area contributed by atoms with Gasteiger partial charge in [0.25, 0.3) is 0 Å². The van der Waals surface area contributed by atoms with Gasteiger partial charge in [0.1, 0.15) is 0 Å². The molecule has 7 heteroatoms. The minimum atomic E-state index is -0.223. The zero-order chi connectivity index (χ0) is 17.4. The summed E-state index contributed by atoms with van der Waals surface area (Å²) in [5, 5.41) is 3.30. The Morgan fingerprint density at radius 3 is 2.54 bits per heavy atom. The van der Waals surface area contributed by atoms with Crippen LogP contribution in [0.15, 0.2) is 24.3 Å². The average Bonchev–Trinajstić information content (AvgIpc) is 2.59. The van der Waals surface area contributed by atoms with Gasteiger partial charge >= 0.3 is 0 Å². The van der Waals surface area contributed by atoms with Crippen molar-refractivity contribution in [2.24, 2.45) is 5.92 Å². The van der Waals surface area contributed by atoms with Crippen LogP contribution in [0, 0.1) is 5.92 Å². The number of carbonyl (C=O) groups is 2. The molecule has 1 fully saturated rings. The van der Waals surface area contributed by atoms with Gasteiger partial charge in [-0.15, -0.1) is 0 Å². The number of hydrogen-bond donors (Lipinski definition) is 3. The van der Waals surface area contributed by atoms with Crippen molar-refractivity contribution in [3.8, 4) is 0 Å². The number of hydrogen-bond acceptors (Lipinski definition) is 3. The van der Waals surface area contributed by atoms with Crippen LogP contribution in [0.4, 0.5) is 0 Å². The maximum absolute atomic E-state index is 12.0. The first-order valence-corrected chi connectivity index (χ1v) is 8.98. The molecule has 5 nitrogen and oxygen atoms in total. The molecule has 24 heavy (non-hydrogen) atoms. The van der Waals surface area contributed by atoms with Gasteiger partial charge in [-0.1, -0.05) is 49.1 Å². The van der Waals surface area contributed by atoms with Gasteiger partial charge in [0.15, 0.2) is 5.11 Å². The van der Waals surface area contributed by atoms with Crippen LogP contribution < -0.4 is 16.2 Å². The summed E-state index contributed by atoms with van der Waals surface area (Å²) >= 11 is 11.1. The van der Waals surface area contributed by atoms with Crippen molar-refractivity contribution < 1.29 is 9.59 Å². The van der Waals surface area contributed by atoms with Crippen molar-refractivity contribution in [2.45, 2.75) is 44.9 Å². The molecule has 0 aromatic heterocycles. The number of benzene rings is 1. The van der Waals surface area contributed by atoms with E-state index in [0.29, 0.717) is 11.4 Å². The lowest BCUT2D eigenvalue weighted by molar-refractivity contribution is -0.126. The zero-order valence-corrected chi connectivity index (χ0v) is 15.0. The molecule has 1 aliphatic rings. The molecule has 0 unspecified atom stereocenters. The molecule has 1 aromatic rings. The van der Waals surface area contributed by atoms with Gasteiger partial charge in [0, 0.05) is 17.4 Å². The van der Waals surface area contributed by atoms with E-state index in [1.54, 1.807) is 6.07 Å². The Balaban J connectivity index is 1.67. The quantitative estimate of drug-likeness (QED) is 0.565. The van der Waals surface area contributed by atoms with Gasteiger partial charge in [0.05, 0.1) is 0 Å². The Morgan fingerprint density at radius 1 is 1.12 bits per heavy atom. The molecular weight excluding hydrogens is 346 g/mol. The van der Waals surface area contributed by atoms with Crippen molar-refractivity contribution in [1.29, 1.82) is 0 Å². The van der Waals surface area contributed by atoms with E-state index in [1.165, 1.54) is 6.42 Å². The molecule has 0 saturated heterocycles. The molecule has 130 valence electrons. The summed E-state index contributed by atoms with van der Waals surface area (Å²) in [4.78, 5) is 23.9. The van der Waals surface area contributed by atoms with Crippen molar-refractivity contribution in [3.05, 3.63) is 34.9 Å². The Hall–Kier alpha value is -1.66. The highest BCUT2D eigenvalue weighted by Gasteiger charge is 2.21. The van der Waals surface area contributed by atoms with Gasteiger partial charge in [-0.25, -0.2) is 0 Å². The molecule has 2 rings (SSSR count). The summed E-state index contributed by atoms with van der Waals surface area (Å²) in [6.45, 7) is 0. The second kappa shape index (κ2) is 9.59. The predicted molar refractivity (Wildman–Crippen MR) is 98.4 cm³/mol. The van der Waals surface area contributed by atoms with Crippen molar-refractivity contribution >= 4 is 40.7 Å². The van der Waals surface area contributed by atoms with E-state index >= 15 is 0 Å². The minimum Gasteiger partial charge on any atom is -0.302 e. The van der Waals surface area contributed by atoms with Crippen LogP contribution >= 0.6 is 23.8 Å². The van der Waals surface area contributed by atoms with Crippen molar-refractivity contribution in [1.82, 2.24) is 16.2 Å². The Kier molecular flexibility index (Phi) is 7.46. The largest absolute Gasteiger partial charge is 0.302 e. The first kappa shape index (κ1) is 18.7. The fourth-order valence-corrected chi connectivity index (χ4v) is 3.15. The topological polar surface area (TPSA) is 70.2 Å². The Bertz CT molecular complexity index is 603. The molecule has 0 bridgehead atoms. The van der Waals surface area contributed by atoms with E-state index in [1.807, 2.05) is 18.2 Å². The highest BCUT2D eigenvalue weighted by molar-refractivity contribution is 7.80. The maximum Gasteiger partial charge on any atom is 0.241 e. The third kappa shape index (κ3) is 6.09. The summed E-state index contributed by atoms with van der Waals surface area (Å²) in [6, 6.07) is 7.41. The first-order valence-electron chi connectivity index (χ1n) is 8.19. The fourth-order valence-electron chi connectivity index (χ4n) is 2.75. The molecule has 0 heterocycles. The monoisotopic (exact) mass is 367 g/mol. The average molecular weight is 368 g/mol. The number of rotatable bonds is 4. The smallest absolute Gasteiger partial charge is 0.241 e. The number of carbonyl (C=O) groups excluding carboxylic acids is 2. The van der Waals surface area contributed by atoms with Crippen LogP contribution in [0.1, 0.15) is 44.1 Å². The van der Waals surface area contributed by atoms with E-state index in [0.717, 1.165) is 31.2 Å². The molecule has 1 aliphatic carbocycles. The lowest BCUT2D eigenvalue weighted by Gasteiger charge is -2.21. The first-order chi connectivity index (χ1) is 11.6. The summed E-state index contributed by atoms with van der Waals surface area (Å²) < 4.78 is 0. The van der Waals surface area contributed by atoms with Crippen LogP contribution in [0.25, 0.3) is 0 Å². The van der Waals surface area contributed by atoms with Crippen molar-refractivity contribution in [3.63, 3.8) is 0 Å². The SMILES string of the molecule is O=C(CCc1ccccc1Cl)NC(=S)NNC(=O)C1CCCCC1. The Morgan fingerprint density at radius 2 is 1.83 bits per heavy atom. The molecule has 3 N–H and O–H groups in total. The third-order valence-corrected chi connectivity index (χ3v) is 4.68. The molecule has 0 atom stereocenters. The number of halogens is 1. The molecule has 1 saturated carbocycles. The number of thiocarbonyl (C=S) groups is 1. The molecule has 0 spiro atoms. The molecule has 2 amide bonds. The van der Waals surface area contributed by atoms with Gasteiger partial charge in [-0.3, -0.25) is 20.4 Å². The van der Waals surface area contributed by atoms with Crippen LogP contribution in [0.5, 0.6) is 0 Å². The lowest BCUT2D eigenvalue weighted by atomic mass is 9.89. The third-order valence-electron chi connectivity index (χ3n) is 4.11. The van der Waals surface area contributed by atoms with E-state index in [-0.39, 0.29) is 29.3 Å². The molecule has 0 aliphatic heterocycles. The highest BCUT2D eigenvalue weighted by Crippen LogP contribution is 2.23. The number of amides is 2. The summed E-state index contributed by atoms with van der Waals surface area (Å²) in [5.41, 5.74) is 6.08. The molecule has 0 radical (unpaired) electrons. The van der Waals surface area contributed by atoms with Crippen LogP contribution in [0.3, 0.4) is 0 Å². The van der Waals surface area contributed by atoms with E-state index in [2.05, 4.69) is 16.2 Å². The van der Waals surface area contributed by atoms with Crippen LogP contribution in [-0.2, 0) is 16.0 Å². The molecular formula is C17H22ClN3O2S. The lowest BCUT2D eigenvalue weighted by Crippen LogP contribution is -2.50. The fraction of sp³-hybridized carbons (Fsp3) is 0.471. The van der Waals surface area contributed by atoms with E-state index < -0.39 is 0 Å². The number of nitrogens with one attached hydrogen (secondary N) is 3. The van der Waals surface area contributed by atoms with E-state index in [4.69, 9.17) is 23.8 Å². The number of hydrazine groups is 1. The predicted octanol–water partition coefficient (Wildman–Crippen LogP) is 2.87. The minimum absolute atomic E-state index is 0.0324. The maximum atomic E-state index is 12.0. The molecule has 1 aromatic carbocycles. The second-order valence-electron chi connectivity index (χ2n) is 5.92. The normalized spacial score (nSPS) is 14.7. The summed E-state index contributed by atoms with van der Waals surface area (Å²) in [6.07, 6.45) is 5.97. The standard InChI is InChI=1S/C17H22ClN3O2S/c18-14-9-5-4-6-12(14)10-11-15(22)19-17(24)21-20-16(23)13-7-2-1-3-8-13/h4-6,9,13H,1-3,7-8,10-11H2,(H,20,23)(H2,19,21,22,24). The number of aryl methyl sites for hydroxylation is 1. The Labute approximate surface area is 152 Å². The highest BCUT2D eigenvalue weighted by atomic mass is 35.5. The summed E-state index contributed by atoms with van der Waals surface area (Å²) in [7, 11) is 0. The van der Waals surface area contributed by atoms with Gasteiger partial charge in [0.2, 0.25) is 11.8 Å². The summed E-state index contributed by atoms with van der Waals surface area (Å²) in [5.74, 6) is -0.258. The van der Waals surface area contributed by atoms with Gasteiger partial charge in [-0.05, 0) is 43.1 Å². The van der Waals surface area contributed by atoms with Crippen LogP contribution in [0.2, 0.25) is 5.02 Å². The van der Waals surface area contributed by atoms with Crippen LogP contribution in [-0.4, -0.2) is 16.9 Å². The van der Waals surface area contributed by atoms with Crippen molar-refractivity contribution in [2.75, 3.05) is 0 Å². The van der Waals surface area contributed by atoms with E-state index in [9.17, 15) is 9.59 Å². The van der Waals surface area contributed by atoms with Gasteiger partial charge in [-0.2, -0.15) is 0 Å². The van der Waals surface area contributed by atoms with Gasteiger partial charge < -0.3 is 5.32 Å².